The first-order chi connectivity index (χ1) is 15.2. The van der Waals surface area contributed by atoms with Crippen molar-refractivity contribution in [2.75, 3.05) is 11.5 Å². The molecule has 2 amide bonds. The molecule has 4 rings (SSSR count). The van der Waals surface area contributed by atoms with Crippen LogP contribution >= 0.6 is 46.5 Å². The summed E-state index contributed by atoms with van der Waals surface area (Å²) in [6.07, 6.45) is 1.56. The number of β-lactam (4-membered cyclic amide) rings is 1. The summed E-state index contributed by atoms with van der Waals surface area (Å²) >= 11 is 10.3. The molecule has 0 saturated carbocycles. The van der Waals surface area contributed by atoms with Gasteiger partial charge < -0.3 is 10.4 Å². The number of carbonyl (C=O) groups is 3. The fraction of sp³-hybridized carbons (Fsp3) is 0.444. The quantitative estimate of drug-likeness (QED) is 0.421. The normalized spacial score (nSPS) is 21.2. The van der Waals surface area contributed by atoms with Crippen LogP contribution in [0.2, 0.25) is 5.02 Å². The van der Waals surface area contributed by atoms with Crippen LogP contribution in [-0.2, 0) is 14.4 Å². The summed E-state index contributed by atoms with van der Waals surface area (Å²) in [7, 11) is 0. The number of thioether (sulfide) groups is 2. The first-order valence-corrected chi connectivity index (χ1v) is 12.7. The lowest BCUT2D eigenvalue weighted by molar-refractivity contribution is -0.151. The number of aryl methyl sites for hydroxylation is 2. The summed E-state index contributed by atoms with van der Waals surface area (Å²) < 4.78 is 2.18. The van der Waals surface area contributed by atoms with Gasteiger partial charge in [0.1, 0.15) is 28.2 Å². The second-order valence-corrected chi connectivity index (χ2v) is 11.2. The Morgan fingerprint density at radius 3 is 2.75 bits per heavy atom. The number of aliphatic carboxylic acids is 1. The number of amides is 2. The van der Waals surface area contributed by atoms with E-state index in [-0.39, 0.29) is 5.70 Å². The van der Waals surface area contributed by atoms with Crippen molar-refractivity contribution in [3.05, 3.63) is 33.2 Å². The molecule has 1 fully saturated rings. The van der Waals surface area contributed by atoms with Crippen molar-refractivity contribution in [1.29, 1.82) is 0 Å². The van der Waals surface area contributed by atoms with Gasteiger partial charge in [-0.2, -0.15) is 5.10 Å². The van der Waals surface area contributed by atoms with Crippen molar-refractivity contribution in [3.63, 3.8) is 0 Å². The van der Waals surface area contributed by atoms with Gasteiger partial charge in [0.15, 0.2) is 4.34 Å². The Labute approximate surface area is 200 Å². The van der Waals surface area contributed by atoms with Crippen LogP contribution in [-0.4, -0.2) is 70.7 Å². The minimum absolute atomic E-state index is 0.0134. The van der Waals surface area contributed by atoms with Crippen LogP contribution < -0.4 is 5.32 Å². The zero-order valence-electron chi connectivity index (χ0n) is 17.2. The topological polar surface area (TPSA) is 130 Å². The maximum atomic E-state index is 12.8. The molecule has 3 atom stereocenters. The van der Waals surface area contributed by atoms with E-state index in [0.717, 1.165) is 9.35 Å². The van der Waals surface area contributed by atoms with Gasteiger partial charge in [-0.15, -0.1) is 22.0 Å². The predicted molar refractivity (Wildman–Crippen MR) is 122 cm³/mol. The summed E-state index contributed by atoms with van der Waals surface area (Å²) in [5, 5.41) is 25.5. The minimum Gasteiger partial charge on any atom is -0.477 e. The number of rotatable bonds is 7. The summed E-state index contributed by atoms with van der Waals surface area (Å²) in [5.41, 5.74) is 1.23. The van der Waals surface area contributed by atoms with Crippen LogP contribution in [0.1, 0.15) is 23.7 Å². The average Bonchev–Trinajstić information content (AvgIpc) is 3.33. The summed E-state index contributed by atoms with van der Waals surface area (Å²) in [6, 6.07) is -1.47. The first-order valence-electron chi connectivity index (χ1n) is 9.52. The lowest BCUT2D eigenvalue weighted by Gasteiger charge is -2.49. The molecule has 14 heteroatoms. The average molecular weight is 515 g/mol. The molecule has 2 aromatic heterocycles. The van der Waals surface area contributed by atoms with E-state index in [4.69, 9.17) is 11.6 Å². The van der Waals surface area contributed by atoms with E-state index in [0.29, 0.717) is 27.8 Å². The van der Waals surface area contributed by atoms with Crippen molar-refractivity contribution >= 4 is 64.2 Å². The molecule has 0 aliphatic carbocycles. The van der Waals surface area contributed by atoms with E-state index in [1.54, 1.807) is 20.0 Å². The van der Waals surface area contributed by atoms with E-state index in [1.165, 1.54) is 44.4 Å². The van der Waals surface area contributed by atoms with Gasteiger partial charge in [0.05, 0.1) is 10.7 Å². The molecule has 1 saturated heterocycles. The number of fused-ring (bicyclic) bond motifs is 1. The lowest BCUT2D eigenvalue weighted by atomic mass is 10.0. The number of nitrogens with zero attached hydrogens (tertiary/aromatic N) is 5. The van der Waals surface area contributed by atoms with Gasteiger partial charge >= 0.3 is 5.97 Å². The van der Waals surface area contributed by atoms with Crippen molar-refractivity contribution in [2.24, 2.45) is 0 Å². The van der Waals surface area contributed by atoms with Gasteiger partial charge in [0.2, 0.25) is 5.91 Å². The highest BCUT2D eigenvalue weighted by Gasteiger charge is 2.54. The maximum absolute atomic E-state index is 12.8. The summed E-state index contributed by atoms with van der Waals surface area (Å²) in [6.45, 7) is 5.23. The van der Waals surface area contributed by atoms with Crippen LogP contribution in [0.4, 0.5) is 0 Å². The van der Waals surface area contributed by atoms with Gasteiger partial charge in [-0.1, -0.05) is 34.7 Å². The number of carboxylic acids is 1. The molecule has 2 aliphatic rings. The van der Waals surface area contributed by atoms with Gasteiger partial charge in [-0.3, -0.25) is 19.2 Å². The van der Waals surface area contributed by atoms with Crippen LogP contribution in [0.5, 0.6) is 0 Å². The van der Waals surface area contributed by atoms with E-state index >= 15 is 0 Å². The second kappa shape index (κ2) is 9.04. The summed E-state index contributed by atoms with van der Waals surface area (Å²) in [5.74, 6) is -1.16. The third kappa shape index (κ3) is 4.26. The fourth-order valence-corrected chi connectivity index (χ4v) is 6.77. The number of halogens is 1. The molecule has 0 spiro atoms. The Balaban J connectivity index is 1.45. The van der Waals surface area contributed by atoms with E-state index < -0.39 is 35.2 Å². The molecule has 0 radical (unpaired) electrons. The maximum Gasteiger partial charge on any atom is 0.352 e. The number of carbonyl (C=O) groups excluding carboxylic acids is 2. The van der Waals surface area contributed by atoms with Crippen LogP contribution in [0.3, 0.4) is 0 Å². The highest BCUT2D eigenvalue weighted by atomic mass is 35.5. The van der Waals surface area contributed by atoms with E-state index in [9.17, 15) is 19.5 Å². The van der Waals surface area contributed by atoms with Crippen molar-refractivity contribution < 1.29 is 19.5 Å². The van der Waals surface area contributed by atoms with Gasteiger partial charge in [-0.05, 0) is 26.3 Å². The van der Waals surface area contributed by atoms with Gasteiger partial charge in [0.25, 0.3) is 5.91 Å². The van der Waals surface area contributed by atoms with Crippen molar-refractivity contribution in [2.45, 2.75) is 42.6 Å². The molecular weight excluding hydrogens is 496 g/mol. The molecule has 4 heterocycles. The molecule has 10 nitrogen and oxygen atoms in total. The smallest absolute Gasteiger partial charge is 0.352 e. The fourth-order valence-electron chi connectivity index (χ4n) is 3.33. The number of hydrogen-bond donors (Lipinski definition) is 2. The molecule has 0 unspecified atom stereocenters. The number of carboxylic acid groups (broad SMARTS) is 1. The SMILES string of the molecule is Cc1nnc(SCC2=C(C(=O)O)N3C(=O)[C@H](NC(=O)[C@H](C)n4cc(Cl)c(C)n4)[C@@H]3SC2)s1. The van der Waals surface area contributed by atoms with Crippen LogP contribution in [0.15, 0.2) is 21.8 Å². The Kier molecular flexibility index (Phi) is 6.52. The molecule has 2 N–H and O–H groups in total. The monoisotopic (exact) mass is 514 g/mol. The largest absolute Gasteiger partial charge is 0.477 e. The Bertz CT molecular complexity index is 1110. The number of hydrogen-bond acceptors (Lipinski definition) is 9. The third-order valence-corrected chi connectivity index (χ3v) is 8.83. The van der Waals surface area contributed by atoms with Crippen LogP contribution in [0, 0.1) is 13.8 Å². The van der Waals surface area contributed by atoms with Crippen LogP contribution in [0.25, 0.3) is 0 Å². The molecule has 32 heavy (non-hydrogen) atoms. The predicted octanol–water partition coefficient (Wildman–Crippen LogP) is 2.10. The zero-order chi connectivity index (χ0) is 23.2. The van der Waals surface area contributed by atoms with E-state index in [2.05, 4.69) is 20.6 Å². The Hall–Kier alpha value is -2.09. The van der Waals surface area contributed by atoms with Crippen molar-refractivity contribution in [1.82, 2.24) is 30.2 Å². The van der Waals surface area contributed by atoms with E-state index in [1.807, 2.05) is 6.92 Å². The molecule has 0 aromatic carbocycles. The highest BCUT2D eigenvalue weighted by Crippen LogP contribution is 2.42. The second-order valence-electron chi connectivity index (χ2n) is 7.25. The third-order valence-electron chi connectivity index (χ3n) is 5.06. The highest BCUT2D eigenvalue weighted by molar-refractivity contribution is 8.01. The Morgan fingerprint density at radius 2 is 2.16 bits per heavy atom. The van der Waals surface area contributed by atoms with Gasteiger partial charge in [-0.25, -0.2) is 4.79 Å². The number of aromatic nitrogens is 4. The van der Waals surface area contributed by atoms with Gasteiger partial charge in [0, 0.05) is 17.7 Å². The molecular formula is C18H19ClN6O4S3. The standard InChI is InChI=1S/C18H19ClN6O4S3/c1-7-11(19)4-24(23-7)8(2)14(26)20-12-15(27)25-13(17(28)29)10(5-30-16(12)25)6-31-18-22-21-9(3)32-18/h4,8,12,16H,5-6H2,1-3H3,(H,20,26)(H,28,29)/t8-,12-,16-/m0/s1. The lowest BCUT2D eigenvalue weighted by Crippen LogP contribution is -2.71. The minimum atomic E-state index is -1.16. The van der Waals surface area contributed by atoms with Crippen molar-refractivity contribution in [3.8, 4) is 0 Å². The summed E-state index contributed by atoms with van der Waals surface area (Å²) in [4.78, 5) is 38.7. The molecule has 0 bridgehead atoms. The molecule has 2 aromatic rings. The first kappa shape index (κ1) is 23.1. The molecule has 2 aliphatic heterocycles. The zero-order valence-corrected chi connectivity index (χ0v) is 20.4. The Morgan fingerprint density at radius 1 is 1.41 bits per heavy atom. The molecule has 170 valence electrons. The number of nitrogens with one attached hydrogen (secondary N) is 1.